The number of nitrogens with one attached hydrogen (secondary N) is 1. The Morgan fingerprint density at radius 2 is 2.14 bits per heavy atom. The molecule has 0 aliphatic heterocycles. The molecule has 1 unspecified atom stereocenters. The van der Waals surface area contributed by atoms with Gasteiger partial charge in [0.1, 0.15) is 17.5 Å². The summed E-state index contributed by atoms with van der Waals surface area (Å²) in [6.07, 6.45) is 0. The van der Waals surface area contributed by atoms with Gasteiger partial charge in [-0.15, -0.1) is 0 Å². The van der Waals surface area contributed by atoms with Gasteiger partial charge in [-0.1, -0.05) is 0 Å². The molecule has 1 rings (SSSR count). The number of hydrogen-bond donors (Lipinski definition) is 1. The van der Waals surface area contributed by atoms with E-state index in [0.29, 0.717) is 0 Å². The van der Waals surface area contributed by atoms with Gasteiger partial charge in [0.2, 0.25) is 0 Å². The molecule has 1 aromatic rings. The number of halogens is 1. The molecule has 6 nitrogen and oxygen atoms in total. The van der Waals surface area contributed by atoms with E-state index in [1.165, 1.54) is 26.2 Å². The van der Waals surface area contributed by atoms with E-state index in [9.17, 15) is 14.0 Å². The summed E-state index contributed by atoms with van der Waals surface area (Å²) in [5.41, 5.74) is -0.488. The molecule has 21 heavy (non-hydrogen) atoms. The molecule has 0 heterocycles. The van der Waals surface area contributed by atoms with Crippen LogP contribution in [0.25, 0.3) is 0 Å². The number of benzene rings is 1. The number of nitriles is 1. The van der Waals surface area contributed by atoms with E-state index in [1.54, 1.807) is 6.07 Å². The third kappa shape index (κ3) is 4.11. The number of nitrogens with zero attached hydrogens (tertiary/aromatic N) is 1. The zero-order chi connectivity index (χ0) is 16.0. The van der Waals surface area contributed by atoms with E-state index >= 15 is 0 Å². The Labute approximate surface area is 120 Å². The lowest BCUT2D eigenvalue weighted by molar-refractivity contribution is -0.122. The number of rotatable bonds is 6. The fraction of sp³-hybridized carbons (Fsp3) is 0.286. The van der Waals surface area contributed by atoms with Gasteiger partial charge in [0, 0.05) is 11.8 Å². The Morgan fingerprint density at radius 3 is 2.62 bits per heavy atom. The maximum atomic E-state index is 13.6. The van der Waals surface area contributed by atoms with Crippen LogP contribution in [0.4, 0.5) is 4.39 Å². The van der Waals surface area contributed by atoms with Gasteiger partial charge >= 0.3 is 5.97 Å². The van der Waals surface area contributed by atoms with Crippen LogP contribution in [0, 0.1) is 28.5 Å². The largest absolute Gasteiger partial charge is 0.497 e. The number of methoxy groups -OCH3 is 1. The van der Waals surface area contributed by atoms with E-state index in [-0.39, 0.29) is 17.0 Å². The van der Waals surface area contributed by atoms with Gasteiger partial charge < -0.3 is 14.9 Å². The number of ether oxygens (including phenoxy) is 2. The van der Waals surface area contributed by atoms with Crippen molar-refractivity contribution in [3.8, 4) is 11.8 Å². The maximum Gasteiger partial charge on any atom is 0.341 e. The molecule has 0 radical (unpaired) electrons. The SMILES string of the molecule is COc1ccc(C(=O)OCC(=O)C(C#N)C(C)=N)c(F)c1. The Hall–Kier alpha value is -2.75. The Bertz CT molecular complexity index is 622. The predicted molar refractivity (Wildman–Crippen MR) is 70.7 cm³/mol. The molecule has 0 fully saturated rings. The van der Waals surface area contributed by atoms with Gasteiger partial charge in [-0.25, -0.2) is 9.18 Å². The van der Waals surface area contributed by atoms with Gasteiger partial charge in [-0.3, -0.25) is 4.79 Å². The zero-order valence-electron chi connectivity index (χ0n) is 11.5. The van der Waals surface area contributed by atoms with Gasteiger partial charge in [-0.05, 0) is 19.1 Å². The molecule has 0 amide bonds. The highest BCUT2D eigenvalue weighted by Crippen LogP contribution is 2.17. The van der Waals surface area contributed by atoms with Gasteiger partial charge in [-0.2, -0.15) is 5.26 Å². The lowest BCUT2D eigenvalue weighted by Crippen LogP contribution is -2.25. The first kappa shape index (κ1) is 16.3. The van der Waals surface area contributed by atoms with Crippen LogP contribution in [0.3, 0.4) is 0 Å². The molecule has 0 bridgehead atoms. The normalized spacial score (nSPS) is 11.1. The zero-order valence-corrected chi connectivity index (χ0v) is 11.5. The molecular formula is C14H13FN2O4. The summed E-state index contributed by atoms with van der Waals surface area (Å²) in [5, 5.41) is 16.0. The number of hydrogen-bond acceptors (Lipinski definition) is 6. The first-order valence-electron chi connectivity index (χ1n) is 5.88. The van der Waals surface area contributed by atoms with Gasteiger partial charge in [0.25, 0.3) is 0 Å². The van der Waals surface area contributed by atoms with E-state index in [4.69, 9.17) is 15.4 Å². The molecule has 1 N–H and O–H groups in total. The van der Waals surface area contributed by atoms with Crippen molar-refractivity contribution in [2.45, 2.75) is 6.92 Å². The monoisotopic (exact) mass is 292 g/mol. The maximum absolute atomic E-state index is 13.6. The summed E-state index contributed by atoms with van der Waals surface area (Å²) in [5.74, 6) is -3.62. The Morgan fingerprint density at radius 1 is 1.48 bits per heavy atom. The van der Waals surface area contributed by atoms with E-state index < -0.39 is 30.1 Å². The van der Waals surface area contributed by atoms with Crippen LogP contribution < -0.4 is 4.74 Å². The first-order valence-corrected chi connectivity index (χ1v) is 5.88. The summed E-state index contributed by atoms with van der Waals surface area (Å²) in [4.78, 5) is 23.2. The number of carbonyl (C=O) groups is 2. The highest BCUT2D eigenvalue weighted by molar-refractivity contribution is 6.06. The molecule has 1 aromatic carbocycles. The van der Waals surface area contributed by atoms with Gasteiger partial charge in [0.15, 0.2) is 12.4 Å². The topological polar surface area (TPSA) is 100 Å². The Kier molecular flexibility index (Phi) is 5.55. The molecule has 0 aliphatic rings. The van der Waals surface area contributed by atoms with Crippen LogP contribution in [0.2, 0.25) is 0 Å². The molecule has 0 saturated heterocycles. The van der Waals surface area contributed by atoms with Crippen molar-refractivity contribution < 1.29 is 23.5 Å². The fourth-order valence-electron chi connectivity index (χ4n) is 1.50. The van der Waals surface area contributed by atoms with Crippen molar-refractivity contribution in [3.63, 3.8) is 0 Å². The lowest BCUT2D eigenvalue weighted by atomic mass is 10.0. The molecule has 7 heteroatoms. The number of carbonyl (C=O) groups excluding carboxylic acids is 2. The Balaban J connectivity index is 2.73. The summed E-state index contributed by atoms with van der Waals surface area (Å²) in [6.45, 7) is 0.607. The smallest absolute Gasteiger partial charge is 0.341 e. The second-order valence-corrected chi connectivity index (χ2v) is 4.13. The first-order chi connectivity index (χ1) is 9.90. The minimum absolute atomic E-state index is 0.144. The molecule has 0 saturated carbocycles. The van der Waals surface area contributed by atoms with Crippen LogP contribution >= 0.6 is 0 Å². The van der Waals surface area contributed by atoms with Crippen molar-refractivity contribution in [2.24, 2.45) is 5.92 Å². The highest BCUT2D eigenvalue weighted by Gasteiger charge is 2.22. The summed E-state index contributed by atoms with van der Waals surface area (Å²) < 4.78 is 23.1. The number of esters is 1. The number of ketones is 1. The van der Waals surface area contributed by atoms with E-state index in [2.05, 4.69) is 4.74 Å². The van der Waals surface area contributed by atoms with E-state index in [0.717, 1.165) is 6.07 Å². The lowest BCUT2D eigenvalue weighted by Gasteiger charge is -2.08. The van der Waals surface area contributed by atoms with Crippen molar-refractivity contribution in [2.75, 3.05) is 13.7 Å². The fourth-order valence-corrected chi connectivity index (χ4v) is 1.50. The third-order valence-electron chi connectivity index (χ3n) is 2.63. The third-order valence-corrected chi connectivity index (χ3v) is 2.63. The standard InChI is InChI=1S/C14H13FN2O4/c1-8(17)11(6-16)13(18)7-21-14(19)10-4-3-9(20-2)5-12(10)15/h3-5,11,17H,7H2,1-2H3. The van der Waals surface area contributed by atoms with Crippen LogP contribution in [0.5, 0.6) is 5.75 Å². The summed E-state index contributed by atoms with van der Waals surface area (Å²) in [6, 6.07) is 5.19. The quantitative estimate of drug-likeness (QED) is 0.635. The van der Waals surface area contributed by atoms with E-state index in [1.807, 2.05) is 0 Å². The van der Waals surface area contributed by atoms with Crippen molar-refractivity contribution in [1.82, 2.24) is 0 Å². The molecule has 1 atom stereocenters. The molecule has 0 aliphatic carbocycles. The number of Topliss-reactive ketones (excluding diaryl/α,β-unsaturated/α-hetero) is 1. The molecule has 0 aromatic heterocycles. The average molecular weight is 292 g/mol. The van der Waals surface area contributed by atoms with Crippen molar-refractivity contribution >= 4 is 17.5 Å². The molecular weight excluding hydrogens is 279 g/mol. The predicted octanol–water partition coefficient (Wildman–Crippen LogP) is 1.74. The minimum Gasteiger partial charge on any atom is -0.497 e. The van der Waals surface area contributed by atoms with Crippen molar-refractivity contribution in [3.05, 3.63) is 29.6 Å². The van der Waals surface area contributed by atoms with Crippen LogP contribution in [-0.2, 0) is 9.53 Å². The van der Waals surface area contributed by atoms with Crippen LogP contribution in [0.15, 0.2) is 18.2 Å². The summed E-state index contributed by atoms with van der Waals surface area (Å²) >= 11 is 0. The molecule has 0 spiro atoms. The molecule has 110 valence electrons. The van der Waals surface area contributed by atoms with Crippen LogP contribution in [-0.4, -0.2) is 31.2 Å². The van der Waals surface area contributed by atoms with Gasteiger partial charge in [0.05, 0.1) is 18.7 Å². The average Bonchev–Trinajstić information content (AvgIpc) is 2.44. The van der Waals surface area contributed by atoms with Crippen molar-refractivity contribution in [1.29, 1.82) is 10.7 Å². The minimum atomic E-state index is -1.27. The summed E-state index contributed by atoms with van der Waals surface area (Å²) in [7, 11) is 1.35. The van der Waals surface area contributed by atoms with Crippen LogP contribution in [0.1, 0.15) is 17.3 Å². The highest BCUT2D eigenvalue weighted by atomic mass is 19.1. The second-order valence-electron chi connectivity index (χ2n) is 4.13. The second kappa shape index (κ2) is 7.14.